The molecule has 0 heterocycles. The highest BCUT2D eigenvalue weighted by molar-refractivity contribution is 9.10. The van der Waals surface area contributed by atoms with E-state index in [9.17, 15) is 26.4 Å². The maximum absolute atomic E-state index is 12.1. The van der Waals surface area contributed by atoms with Gasteiger partial charge in [-0.25, -0.2) is 13.6 Å². The highest BCUT2D eigenvalue weighted by Crippen LogP contribution is 2.23. The highest BCUT2D eigenvalue weighted by atomic mass is 79.9. The lowest BCUT2D eigenvalue weighted by Crippen LogP contribution is -2.31. The lowest BCUT2D eigenvalue weighted by molar-refractivity contribution is -0.136. The number of benzene rings is 1. The van der Waals surface area contributed by atoms with Crippen molar-refractivity contribution in [2.24, 2.45) is 5.14 Å². The van der Waals surface area contributed by atoms with Crippen molar-refractivity contribution < 1.29 is 26.4 Å². The zero-order valence-corrected chi connectivity index (χ0v) is 13.2. The van der Waals surface area contributed by atoms with Gasteiger partial charge in [-0.15, -0.1) is 0 Å². The van der Waals surface area contributed by atoms with E-state index >= 15 is 0 Å². The zero-order valence-electron chi connectivity index (χ0n) is 10.8. The molecular weight excluding hydrogens is 377 g/mol. The minimum absolute atomic E-state index is 0.0776. The molecule has 0 aliphatic rings. The Labute approximate surface area is 128 Å². The standard InChI is InChI=1S/C11H12BrF3N2O3S/c1-17(5-4-11(13,14)15)10(18)8-6-7(21(16,19)20)2-3-9(8)12/h2-3,6H,4-5H2,1H3,(H2,16,19,20). The van der Waals surface area contributed by atoms with Crippen LogP contribution >= 0.6 is 15.9 Å². The third kappa shape index (κ3) is 5.29. The van der Waals surface area contributed by atoms with Gasteiger partial charge in [-0.1, -0.05) is 0 Å². The minimum Gasteiger partial charge on any atom is -0.341 e. The van der Waals surface area contributed by atoms with Crippen molar-refractivity contribution in [2.75, 3.05) is 13.6 Å². The Balaban J connectivity index is 3.02. The Morgan fingerprint density at radius 3 is 2.43 bits per heavy atom. The van der Waals surface area contributed by atoms with Crippen LogP contribution in [-0.4, -0.2) is 39.0 Å². The van der Waals surface area contributed by atoms with E-state index in [4.69, 9.17) is 5.14 Å². The van der Waals surface area contributed by atoms with Crippen molar-refractivity contribution in [2.45, 2.75) is 17.5 Å². The number of hydrogen-bond donors (Lipinski definition) is 1. The third-order valence-electron chi connectivity index (χ3n) is 2.57. The number of nitrogens with zero attached hydrogens (tertiary/aromatic N) is 1. The molecule has 118 valence electrons. The van der Waals surface area contributed by atoms with Gasteiger partial charge in [0.15, 0.2) is 0 Å². The van der Waals surface area contributed by atoms with Crippen molar-refractivity contribution in [3.63, 3.8) is 0 Å². The largest absolute Gasteiger partial charge is 0.390 e. The summed E-state index contributed by atoms with van der Waals surface area (Å²) in [6.45, 7) is -0.533. The topological polar surface area (TPSA) is 80.5 Å². The Morgan fingerprint density at radius 2 is 1.95 bits per heavy atom. The molecule has 1 aromatic rings. The van der Waals surface area contributed by atoms with Crippen LogP contribution in [0.5, 0.6) is 0 Å². The van der Waals surface area contributed by atoms with Gasteiger partial charge in [0.1, 0.15) is 0 Å². The summed E-state index contributed by atoms with van der Waals surface area (Å²) in [5.74, 6) is -0.739. The average molecular weight is 389 g/mol. The quantitative estimate of drug-likeness (QED) is 0.857. The Morgan fingerprint density at radius 1 is 1.38 bits per heavy atom. The van der Waals surface area contributed by atoms with Crippen molar-refractivity contribution in [3.8, 4) is 0 Å². The molecule has 10 heteroatoms. The van der Waals surface area contributed by atoms with Crippen LogP contribution in [0.4, 0.5) is 13.2 Å². The summed E-state index contributed by atoms with van der Waals surface area (Å²) in [7, 11) is -2.81. The summed E-state index contributed by atoms with van der Waals surface area (Å²) in [5, 5.41) is 4.95. The van der Waals surface area contributed by atoms with E-state index in [1.165, 1.54) is 19.2 Å². The van der Waals surface area contributed by atoms with Gasteiger partial charge in [-0.05, 0) is 34.1 Å². The number of sulfonamides is 1. The first-order chi connectivity index (χ1) is 9.42. The number of alkyl halides is 3. The van der Waals surface area contributed by atoms with Crippen LogP contribution in [0, 0.1) is 0 Å². The van der Waals surface area contributed by atoms with Crippen molar-refractivity contribution >= 4 is 31.9 Å². The molecular formula is C11H12BrF3N2O3S. The molecule has 5 nitrogen and oxygen atoms in total. The maximum Gasteiger partial charge on any atom is 0.390 e. The van der Waals surface area contributed by atoms with Crippen LogP contribution in [0.2, 0.25) is 0 Å². The van der Waals surface area contributed by atoms with Gasteiger partial charge in [0.05, 0.1) is 16.9 Å². The van der Waals surface area contributed by atoms with Crippen LogP contribution in [0.15, 0.2) is 27.6 Å². The molecule has 0 fully saturated rings. The number of primary sulfonamides is 1. The first-order valence-electron chi connectivity index (χ1n) is 5.56. The molecule has 0 radical (unpaired) electrons. The number of hydrogen-bond acceptors (Lipinski definition) is 3. The van der Waals surface area contributed by atoms with Gasteiger partial charge in [-0.2, -0.15) is 13.2 Å². The summed E-state index contributed by atoms with van der Waals surface area (Å²) >= 11 is 3.05. The zero-order chi connectivity index (χ0) is 16.4. The molecule has 0 aromatic heterocycles. The molecule has 0 aliphatic heterocycles. The van der Waals surface area contributed by atoms with E-state index in [-0.39, 0.29) is 14.9 Å². The monoisotopic (exact) mass is 388 g/mol. The van der Waals surface area contributed by atoms with Crippen LogP contribution < -0.4 is 5.14 Å². The summed E-state index contributed by atoms with van der Waals surface area (Å²) in [5.41, 5.74) is -0.0776. The van der Waals surface area contributed by atoms with Crippen LogP contribution in [0.3, 0.4) is 0 Å². The summed E-state index contributed by atoms with van der Waals surface area (Å²) in [4.78, 5) is 12.6. The van der Waals surface area contributed by atoms with Gasteiger partial charge < -0.3 is 4.90 Å². The van der Waals surface area contributed by atoms with Gasteiger partial charge >= 0.3 is 6.18 Å². The lowest BCUT2D eigenvalue weighted by Gasteiger charge is -2.19. The molecule has 0 spiro atoms. The van der Waals surface area contributed by atoms with Crippen LogP contribution in [0.25, 0.3) is 0 Å². The van der Waals surface area contributed by atoms with E-state index in [0.29, 0.717) is 0 Å². The number of carbonyl (C=O) groups excluding carboxylic acids is 1. The number of nitrogens with two attached hydrogens (primary N) is 1. The first-order valence-corrected chi connectivity index (χ1v) is 7.90. The second-order valence-electron chi connectivity index (χ2n) is 4.28. The SMILES string of the molecule is CN(CCC(F)(F)F)C(=O)c1cc(S(N)(=O)=O)ccc1Br. The normalized spacial score (nSPS) is 12.3. The first kappa shape index (κ1) is 17.9. The fourth-order valence-electron chi connectivity index (χ4n) is 1.45. The van der Waals surface area contributed by atoms with E-state index in [1.54, 1.807) is 0 Å². The molecule has 0 unspecified atom stereocenters. The summed E-state index contributed by atoms with van der Waals surface area (Å²) in [6.07, 6.45) is -5.53. The van der Waals surface area contributed by atoms with Crippen LogP contribution in [-0.2, 0) is 10.0 Å². The van der Waals surface area contributed by atoms with Crippen molar-refractivity contribution in [1.29, 1.82) is 0 Å². The second-order valence-corrected chi connectivity index (χ2v) is 6.69. The summed E-state index contributed by atoms with van der Waals surface area (Å²) < 4.78 is 59.1. The van der Waals surface area contributed by atoms with E-state index < -0.39 is 35.1 Å². The molecule has 1 aromatic carbocycles. The molecule has 2 N–H and O–H groups in total. The van der Waals surface area contributed by atoms with Gasteiger partial charge in [0.2, 0.25) is 10.0 Å². The fourth-order valence-corrected chi connectivity index (χ4v) is 2.40. The van der Waals surface area contributed by atoms with E-state index in [0.717, 1.165) is 11.0 Å². The third-order valence-corrected chi connectivity index (χ3v) is 4.18. The Hall–Kier alpha value is -1.13. The lowest BCUT2D eigenvalue weighted by atomic mass is 10.2. The Bertz CT molecular complexity index is 647. The van der Waals surface area contributed by atoms with Gasteiger partial charge in [0.25, 0.3) is 5.91 Å². The molecule has 21 heavy (non-hydrogen) atoms. The molecule has 0 aliphatic carbocycles. The molecule has 1 rings (SSSR count). The number of carbonyl (C=O) groups is 1. The molecule has 0 saturated heterocycles. The Kier molecular flexibility index (Phi) is 5.40. The van der Waals surface area contributed by atoms with Crippen molar-refractivity contribution in [3.05, 3.63) is 28.2 Å². The number of halogens is 4. The number of rotatable bonds is 4. The smallest absolute Gasteiger partial charge is 0.341 e. The fraction of sp³-hybridized carbons (Fsp3) is 0.364. The second kappa shape index (κ2) is 6.32. The van der Waals surface area contributed by atoms with E-state index in [1.807, 2.05) is 0 Å². The predicted molar refractivity (Wildman–Crippen MR) is 73.1 cm³/mol. The van der Waals surface area contributed by atoms with Crippen molar-refractivity contribution in [1.82, 2.24) is 4.90 Å². The van der Waals surface area contributed by atoms with Crippen LogP contribution in [0.1, 0.15) is 16.8 Å². The minimum atomic E-state index is -4.38. The summed E-state index contributed by atoms with van der Waals surface area (Å²) in [6, 6.07) is 3.50. The molecule has 0 saturated carbocycles. The molecule has 0 atom stereocenters. The predicted octanol–water partition coefficient (Wildman–Crippen LogP) is 2.12. The number of amides is 1. The van der Waals surface area contributed by atoms with E-state index in [2.05, 4.69) is 15.9 Å². The molecule has 0 bridgehead atoms. The molecule has 1 amide bonds. The average Bonchev–Trinajstić information content (AvgIpc) is 2.33. The highest BCUT2D eigenvalue weighted by Gasteiger charge is 2.28. The maximum atomic E-state index is 12.1. The van der Waals surface area contributed by atoms with Gasteiger partial charge in [-0.3, -0.25) is 4.79 Å². The van der Waals surface area contributed by atoms with Gasteiger partial charge in [0, 0.05) is 18.1 Å².